The molecule has 4 rings (SSSR count). The van der Waals surface area contributed by atoms with Gasteiger partial charge in [-0.15, -0.1) is 5.10 Å². The minimum Gasteiger partial charge on any atom is -0.396 e. The second-order valence-electron chi connectivity index (χ2n) is 7.89. The third kappa shape index (κ3) is 5.21. The molecule has 7 nitrogen and oxygen atoms in total. The molecule has 2 heterocycles. The maximum absolute atomic E-state index is 13.3. The summed E-state index contributed by atoms with van der Waals surface area (Å²) in [7, 11) is 0. The highest BCUT2D eigenvalue weighted by Crippen LogP contribution is 2.35. The predicted molar refractivity (Wildman–Crippen MR) is 119 cm³/mol. The molecule has 0 aliphatic heterocycles. The molecule has 0 saturated heterocycles. The Labute approximate surface area is 188 Å². The number of hydrogen-bond donors (Lipinski definition) is 2. The maximum Gasteiger partial charge on any atom is 0.416 e. The average Bonchev–Trinajstić information content (AvgIpc) is 2.81. The van der Waals surface area contributed by atoms with E-state index in [1.807, 2.05) is 0 Å². The van der Waals surface area contributed by atoms with Gasteiger partial charge in [0, 0.05) is 17.8 Å². The van der Waals surface area contributed by atoms with Crippen LogP contribution < -0.4 is 16.0 Å². The van der Waals surface area contributed by atoms with E-state index in [-0.39, 0.29) is 28.9 Å². The number of hydrogen-bond acceptors (Lipinski definition) is 5. The summed E-state index contributed by atoms with van der Waals surface area (Å²) >= 11 is 0. The van der Waals surface area contributed by atoms with Crippen molar-refractivity contribution < 1.29 is 18.0 Å². The normalized spacial score (nSPS) is 14.6. The lowest BCUT2D eigenvalue weighted by Gasteiger charge is -2.34. The minimum absolute atomic E-state index is 0.151. The van der Waals surface area contributed by atoms with E-state index in [9.17, 15) is 18.0 Å². The highest BCUT2D eigenvalue weighted by Gasteiger charge is 2.32. The summed E-state index contributed by atoms with van der Waals surface area (Å²) in [6.07, 6.45) is 1.53. The Morgan fingerprint density at radius 1 is 1.06 bits per heavy atom. The van der Waals surface area contributed by atoms with Crippen LogP contribution in [-0.2, 0) is 6.18 Å². The Kier molecular flexibility index (Phi) is 6.43. The summed E-state index contributed by atoms with van der Waals surface area (Å²) in [4.78, 5) is 19.3. The summed E-state index contributed by atoms with van der Waals surface area (Å²) in [5.74, 6) is 0.481. The Balaban J connectivity index is 1.73. The van der Waals surface area contributed by atoms with Crippen molar-refractivity contribution in [1.82, 2.24) is 15.2 Å². The van der Waals surface area contributed by atoms with Crippen LogP contribution in [0.15, 0.2) is 54.7 Å². The van der Waals surface area contributed by atoms with Gasteiger partial charge in [-0.3, -0.25) is 10.2 Å². The number of nitrogen functional groups attached to an aromatic ring is 1. The molecular weight excluding hydrogens is 433 g/mol. The molecule has 2 aromatic heterocycles. The fourth-order valence-electron chi connectivity index (χ4n) is 3.98. The molecule has 33 heavy (non-hydrogen) atoms. The number of aromatic nitrogens is 3. The number of carbonyl (C=O) groups is 1. The topological polar surface area (TPSA) is 97.0 Å². The van der Waals surface area contributed by atoms with Crippen LogP contribution in [0, 0.1) is 0 Å². The van der Waals surface area contributed by atoms with E-state index < -0.39 is 17.8 Å². The van der Waals surface area contributed by atoms with Crippen LogP contribution >= 0.6 is 0 Å². The predicted octanol–water partition coefficient (Wildman–Crippen LogP) is 5.51. The van der Waals surface area contributed by atoms with Crippen LogP contribution in [0.4, 0.5) is 35.3 Å². The zero-order chi connectivity index (χ0) is 23.4. The van der Waals surface area contributed by atoms with Crippen molar-refractivity contribution >= 4 is 23.4 Å². The van der Waals surface area contributed by atoms with Gasteiger partial charge in [0.2, 0.25) is 0 Å². The second-order valence-corrected chi connectivity index (χ2v) is 7.89. The first-order valence-electron chi connectivity index (χ1n) is 10.6. The van der Waals surface area contributed by atoms with Gasteiger partial charge in [-0.2, -0.15) is 18.3 Å². The van der Waals surface area contributed by atoms with Gasteiger partial charge in [0.05, 0.1) is 16.9 Å². The molecule has 0 radical (unpaired) electrons. The van der Waals surface area contributed by atoms with Crippen molar-refractivity contribution in [2.45, 2.75) is 44.3 Å². The van der Waals surface area contributed by atoms with Crippen LogP contribution in [0.3, 0.4) is 0 Å². The number of nitrogens with two attached hydrogens (primary N) is 1. The summed E-state index contributed by atoms with van der Waals surface area (Å²) in [5.41, 5.74) is 6.27. The third-order valence-corrected chi connectivity index (χ3v) is 5.59. The van der Waals surface area contributed by atoms with Crippen LogP contribution in [0.2, 0.25) is 0 Å². The number of benzene rings is 1. The lowest BCUT2D eigenvalue weighted by Crippen LogP contribution is -2.45. The van der Waals surface area contributed by atoms with E-state index in [0.29, 0.717) is 5.69 Å². The van der Waals surface area contributed by atoms with Gasteiger partial charge in [0.1, 0.15) is 0 Å². The number of alkyl halides is 3. The monoisotopic (exact) mass is 456 g/mol. The van der Waals surface area contributed by atoms with Gasteiger partial charge in [-0.1, -0.05) is 31.4 Å². The lowest BCUT2D eigenvalue weighted by molar-refractivity contribution is -0.137. The number of nitrogens with one attached hydrogen (secondary N) is 1. The highest BCUT2D eigenvalue weighted by atomic mass is 19.4. The molecule has 3 aromatic rings. The van der Waals surface area contributed by atoms with Crippen molar-refractivity contribution in [2.75, 3.05) is 16.0 Å². The zero-order valence-corrected chi connectivity index (χ0v) is 17.7. The van der Waals surface area contributed by atoms with Crippen molar-refractivity contribution in [2.24, 2.45) is 0 Å². The Morgan fingerprint density at radius 2 is 1.85 bits per heavy atom. The van der Waals surface area contributed by atoms with Gasteiger partial charge < -0.3 is 5.73 Å². The minimum atomic E-state index is -4.47. The van der Waals surface area contributed by atoms with E-state index >= 15 is 0 Å². The van der Waals surface area contributed by atoms with Crippen molar-refractivity contribution in [3.63, 3.8) is 0 Å². The molecule has 0 unspecified atom stereocenters. The van der Waals surface area contributed by atoms with Crippen LogP contribution in [0.1, 0.15) is 37.7 Å². The third-order valence-electron chi connectivity index (χ3n) is 5.59. The van der Waals surface area contributed by atoms with Crippen LogP contribution in [0.25, 0.3) is 11.3 Å². The SMILES string of the molecule is Nc1ccc(-c2cccc(C(F)(F)F)c2)nc1N(C(=O)Nc1cccnn1)C1CCCCC1. The summed E-state index contributed by atoms with van der Waals surface area (Å²) in [6.45, 7) is 0. The molecule has 1 aliphatic carbocycles. The Bertz CT molecular complexity index is 1120. The van der Waals surface area contributed by atoms with Crippen molar-refractivity contribution in [1.29, 1.82) is 0 Å². The molecule has 0 spiro atoms. The fraction of sp³-hybridized carbons (Fsp3) is 0.304. The van der Waals surface area contributed by atoms with Crippen LogP contribution in [0.5, 0.6) is 0 Å². The molecule has 1 fully saturated rings. The molecule has 3 N–H and O–H groups in total. The van der Waals surface area contributed by atoms with Crippen molar-refractivity contribution in [3.8, 4) is 11.3 Å². The quantitative estimate of drug-likeness (QED) is 0.540. The average molecular weight is 456 g/mol. The van der Waals surface area contributed by atoms with Gasteiger partial charge >= 0.3 is 12.2 Å². The van der Waals surface area contributed by atoms with E-state index in [1.165, 1.54) is 17.2 Å². The van der Waals surface area contributed by atoms with Crippen molar-refractivity contribution in [3.05, 3.63) is 60.3 Å². The summed E-state index contributed by atoms with van der Waals surface area (Å²) in [5, 5.41) is 10.4. The Morgan fingerprint density at radius 3 is 2.55 bits per heavy atom. The lowest BCUT2D eigenvalue weighted by atomic mass is 9.94. The standard InChI is InChI=1S/C23H23F3N6O/c24-23(25,26)16-7-4-6-15(14-16)19-12-11-18(27)21(29-19)32(17-8-2-1-3-9-17)22(33)30-20-10-5-13-28-31-20/h4-7,10-14,17H,1-3,8-9,27H2,(H,30,31,33). The van der Waals surface area contributed by atoms with E-state index in [1.54, 1.807) is 30.3 Å². The number of halogens is 3. The van der Waals surface area contributed by atoms with Crippen LogP contribution in [-0.4, -0.2) is 27.3 Å². The second kappa shape index (κ2) is 9.43. The summed E-state index contributed by atoms with van der Waals surface area (Å²) in [6, 6.07) is 10.7. The van der Waals surface area contributed by atoms with E-state index in [4.69, 9.17) is 5.73 Å². The van der Waals surface area contributed by atoms with Gasteiger partial charge in [-0.05, 0) is 49.2 Å². The molecule has 0 atom stereocenters. The number of urea groups is 1. The first-order chi connectivity index (χ1) is 15.8. The Hall–Kier alpha value is -3.69. The molecule has 1 aliphatic rings. The number of carbonyl (C=O) groups excluding carboxylic acids is 1. The molecule has 1 saturated carbocycles. The molecule has 10 heteroatoms. The number of nitrogens with zero attached hydrogens (tertiary/aromatic N) is 4. The first-order valence-corrected chi connectivity index (χ1v) is 10.6. The first kappa shape index (κ1) is 22.5. The van der Waals surface area contributed by atoms with E-state index in [2.05, 4.69) is 20.5 Å². The van der Waals surface area contributed by atoms with Gasteiger partial charge in [0.25, 0.3) is 0 Å². The molecule has 1 aromatic carbocycles. The number of amides is 2. The number of anilines is 3. The molecule has 172 valence electrons. The number of rotatable bonds is 4. The molecular formula is C23H23F3N6O. The largest absolute Gasteiger partial charge is 0.416 e. The smallest absolute Gasteiger partial charge is 0.396 e. The zero-order valence-electron chi connectivity index (χ0n) is 17.7. The van der Waals surface area contributed by atoms with E-state index in [0.717, 1.165) is 44.2 Å². The van der Waals surface area contributed by atoms with Gasteiger partial charge in [-0.25, -0.2) is 9.78 Å². The van der Waals surface area contributed by atoms with Gasteiger partial charge in [0.15, 0.2) is 11.6 Å². The molecule has 2 amide bonds. The highest BCUT2D eigenvalue weighted by molar-refractivity contribution is 6.03. The molecule has 0 bridgehead atoms. The summed E-state index contributed by atoms with van der Waals surface area (Å²) < 4.78 is 39.6. The maximum atomic E-state index is 13.3. The number of pyridine rings is 1. The fourth-order valence-corrected chi connectivity index (χ4v) is 3.98.